The highest BCUT2D eigenvalue weighted by atomic mass is 35.5. The van der Waals surface area contributed by atoms with Gasteiger partial charge >= 0.3 is 6.18 Å². The molecule has 186 valence electrons. The third-order valence-corrected chi connectivity index (χ3v) is 5.42. The number of hydrogen-bond donors (Lipinski definition) is 3. The molecule has 1 aliphatic rings. The van der Waals surface area contributed by atoms with Gasteiger partial charge in [0.1, 0.15) is 6.10 Å². The van der Waals surface area contributed by atoms with E-state index in [1.165, 1.54) is 24.3 Å². The molecule has 2 heterocycles. The van der Waals surface area contributed by atoms with Gasteiger partial charge in [0.15, 0.2) is 0 Å². The number of nitrogens with zero attached hydrogens (tertiary/aromatic N) is 1. The van der Waals surface area contributed by atoms with E-state index >= 15 is 0 Å². The minimum Gasteiger partial charge on any atom is -0.383 e. The standard InChI is InChI=1S/C26H20F3N3O3.ClH/c27-26(28,29)18-9-7-16(8-10-18)19(17-11-13-30-14-12-17)3-1-6-24(34)31-21-4-2-5-22-20(21)15-23(33)25(35)32-22;/h1-14,23,33H,15H2,(H,31,34)(H,32,35);1H. The largest absolute Gasteiger partial charge is 0.416 e. The van der Waals surface area contributed by atoms with Crippen LogP contribution in [0.1, 0.15) is 22.3 Å². The number of aliphatic hydroxyl groups excluding tert-OH is 1. The van der Waals surface area contributed by atoms with Crippen LogP contribution in [0.4, 0.5) is 24.5 Å². The Hall–Kier alpha value is -3.95. The maximum Gasteiger partial charge on any atom is 0.416 e. The average molecular weight is 516 g/mol. The van der Waals surface area contributed by atoms with Crippen molar-refractivity contribution in [2.45, 2.75) is 18.7 Å². The normalized spacial score (nSPS) is 15.6. The lowest BCUT2D eigenvalue weighted by molar-refractivity contribution is -0.137. The number of carbonyl (C=O) groups excluding carboxylic acids is 2. The molecule has 0 saturated heterocycles. The van der Waals surface area contributed by atoms with Crippen molar-refractivity contribution < 1.29 is 27.9 Å². The Kier molecular flexibility index (Phi) is 8.29. The molecule has 0 spiro atoms. The number of aromatic nitrogens is 1. The molecule has 1 aliphatic heterocycles. The van der Waals surface area contributed by atoms with Crippen molar-refractivity contribution in [1.29, 1.82) is 0 Å². The number of pyridine rings is 1. The van der Waals surface area contributed by atoms with Gasteiger partial charge < -0.3 is 15.7 Å². The van der Waals surface area contributed by atoms with E-state index in [1.807, 2.05) is 0 Å². The number of carbonyl (C=O) groups is 2. The van der Waals surface area contributed by atoms with Crippen molar-refractivity contribution in [1.82, 2.24) is 4.98 Å². The van der Waals surface area contributed by atoms with Gasteiger partial charge in [-0.2, -0.15) is 13.2 Å². The van der Waals surface area contributed by atoms with Gasteiger partial charge in [-0.1, -0.05) is 30.4 Å². The molecule has 0 aliphatic carbocycles. The van der Waals surface area contributed by atoms with Gasteiger partial charge in [-0.05, 0) is 53.1 Å². The fourth-order valence-electron chi connectivity index (χ4n) is 3.68. The van der Waals surface area contributed by atoms with Crippen molar-refractivity contribution in [3.63, 3.8) is 0 Å². The Labute approximate surface area is 211 Å². The highest BCUT2D eigenvalue weighted by Gasteiger charge is 2.30. The van der Waals surface area contributed by atoms with Gasteiger partial charge in [0, 0.05) is 41.8 Å². The second-order valence-corrected chi connectivity index (χ2v) is 7.78. The number of alkyl halides is 3. The van der Waals surface area contributed by atoms with E-state index in [-0.39, 0.29) is 18.8 Å². The second-order valence-electron chi connectivity index (χ2n) is 7.78. The SMILES string of the molecule is Cl.O=C(C=CC=C(c1ccncc1)c1ccc(C(F)(F)F)cc1)Nc1cccc2c1CC(O)C(=O)N2. The lowest BCUT2D eigenvalue weighted by Gasteiger charge is -2.23. The minimum absolute atomic E-state index is 0. The smallest absolute Gasteiger partial charge is 0.383 e. The summed E-state index contributed by atoms with van der Waals surface area (Å²) in [6.07, 6.45) is 1.96. The molecule has 10 heteroatoms. The van der Waals surface area contributed by atoms with Crippen molar-refractivity contribution in [3.8, 4) is 0 Å². The van der Waals surface area contributed by atoms with Crippen LogP contribution in [0, 0.1) is 0 Å². The minimum atomic E-state index is -4.44. The number of amides is 2. The van der Waals surface area contributed by atoms with E-state index in [9.17, 15) is 27.9 Å². The summed E-state index contributed by atoms with van der Waals surface area (Å²) in [4.78, 5) is 28.2. The number of allylic oxidation sites excluding steroid dienone is 2. The summed E-state index contributed by atoms with van der Waals surface area (Å²) < 4.78 is 38.8. The molecule has 1 aromatic heterocycles. The Bertz CT molecular complexity index is 1310. The molecule has 6 nitrogen and oxygen atoms in total. The molecule has 36 heavy (non-hydrogen) atoms. The number of fused-ring (bicyclic) bond motifs is 1. The molecule has 1 unspecified atom stereocenters. The summed E-state index contributed by atoms with van der Waals surface area (Å²) in [7, 11) is 0. The van der Waals surface area contributed by atoms with Gasteiger partial charge in [-0.3, -0.25) is 14.6 Å². The van der Waals surface area contributed by atoms with Gasteiger partial charge in [0.2, 0.25) is 5.91 Å². The van der Waals surface area contributed by atoms with E-state index in [2.05, 4.69) is 15.6 Å². The van der Waals surface area contributed by atoms with Crippen LogP contribution in [-0.4, -0.2) is 28.0 Å². The van der Waals surface area contributed by atoms with E-state index in [1.54, 1.807) is 48.8 Å². The van der Waals surface area contributed by atoms with Gasteiger partial charge in [-0.15, -0.1) is 12.4 Å². The van der Waals surface area contributed by atoms with Crippen LogP contribution in [0.5, 0.6) is 0 Å². The Morgan fingerprint density at radius 2 is 1.72 bits per heavy atom. The third-order valence-electron chi connectivity index (χ3n) is 5.42. The molecule has 0 fully saturated rings. The van der Waals surface area contributed by atoms with Gasteiger partial charge in [-0.25, -0.2) is 0 Å². The molecule has 2 amide bonds. The second kappa shape index (κ2) is 11.2. The van der Waals surface area contributed by atoms with Crippen molar-refractivity contribution >= 4 is 41.2 Å². The molecular formula is C26H21ClF3N3O3. The van der Waals surface area contributed by atoms with Crippen LogP contribution in [0.15, 0.2) is 85.2 Å². The van der Waals surface area contributed by atoms with Crippen molar-refractivity contribution in [2.75, 3.05) is 10.6 Å². The molecule has 0 bridgehead atoms. The predicted molar refractivity (Wildman–Crippen MR) is 133 cm³/mol. The first-order valence-electron chi connectivity index (χ1n) is 10.6. The van der Waals surface area contributed by atoms with Gasteiger partial charge in [0.25, 0.3) is 5.91 Å². The van der Waals surface area contributed by atoms with Crippen molar-refractivity contribution in [3.05, 3.63) is 107 Å². The predicted octanol–water partition coefficient (Wildman–Crippen LogP) is 5.00. The maximum atomic E-state index is 12.9. The molecule has 3 N–H and O–H groups in total. The number of anilines is 2. The highest BCUT2D eigenvalue weighted by molar-refractivity contribution is 6.03. The first-order chi connectivity index (χ1) is 16.7. The fourth-order valence-corrected chi connectivity index (χ4v) is 3.68. The summed E-state index contributed by atoms with van der Waals surface area (Å²) >= 11 is 0. The molecule has 0 radical (unpaired) electrons. The fraction of sp³-hybridized carbons (Fsp3) is 0.115. The number of aliphatic hydroxyl groups is 1. The van der Waals surface area contributed by atoms with Crippen LogP contribution in [0.3, 0.4) is 0 Å². The van der Waals surface area contributed by atoms with E-state index in [0.717, 1.165) is 12.1 Å². The number of rotatable bonds is 5. The molecule has 4 rings (SSSR count). The highest BCUT2D eigenvalue weighted by Crippen LogP contribution is 2.32. The lowest BCUT2D eigenvalue weighted by atomic mass is 9.97. The molecular weight excluding hydrogens is 495 g/mol. The Morgan fingerprint density at radius 1 is 1.06 bits per heavy atom. The number of hydrogen-bond acceptors (Lipinski definition) is 4. The summed E-state index contributed by atoms with van der Waals surface area (Å²) in [5.41, 5.74) is 2.69. The average Bonchev–Trinajstić information content (AvgIpc) is 2.83. The topological polar surface area (TPSA) is 91.3 Å². The Morgan fingerprint density at radius 3 is 2.39 bits per heavy atom. The van der Waals surface area contributed by atoms with Crippen LogP contribution in [0.2, 0.25) is 0 Å². The van der Waals surface area contributed by atoms with E-state index < -0.39 is 29.7 Å². The number of nitrogens with one attached hydrogen (secondary N) is 2. The van der Waals surface area contributed by atoms with Crippen molar-refractivity contribution in [2.24, 2.45) is 0 Å². The zero-order chi connectivity index (χ0) is 25.0. The summed E-state index contributed by atoms with van der Waals surface area (Å²) in [6, 6.07) is 13.2. The van der Waals surface area contributed by atoms with E-state index in [4.69, 9.17) is 0 Å². The maximum absolute atomic E-state index is 12.9. The quantitative estimate of drug-likeness (QED) is 0.329. The molecule has 0 saturated carbocycles. The summed E-state index contributed by atoms with van der Waals surface area (Å²) in [6.45, 7) is 0. The summed E-state index contributed by atoms with van der Waals surface area (Å²) in [5.74, 6) is -0.958. The van der Waals surface area contributed by atoms with Gasteiger partial charge in [0.05, 0.1) is 5.56 Å². The van der Waals surface area contributed by atoms with E-state index in [0.29, 0.717) is 33.6 Å². The van der Waals surface area contributed by atoms with Crippen LogP contribution in [0.25, 0.3) is 5.57 Å². The number of halogens is 4. The zero-order valence-electron chi connectivity index (χ0n) is 18.6. The molecule has 3 aromatic rings. The monoisotopic (exact) mass is 515 g/mol. The Balaban J connectivity index is 0.00000361. The lowest BCUT2D eigenvalue weighted by Crippen LogP contribution is -2.34. The number of benzene rings is 2. The first kappa shape index (κ1) is 26.7. The molecule has 2 aromatic carbocycles. The first-order valence-corrected chi connectivity index (χ1v) is 10.6. The summed E-state index contributed by atoms with van der Waals surface area (Å²) in [5, 5.41) is 15.2. The van der Waals surface area contributed by atoms with Crippen LogP contribution >= 0.6 is 12.4 Å². The van der Waals surface area contributed by atoms with Crippen LogP contribution < -0.4 is 10.6 Å². The zero-order valence-corrected chi connectivity index (χ0v) is 19.4. The third kappa shape index (κ3) is 6.18. The molecule has 1 atom stereocenters. The van der Waals surface area contributed by atoms with Crippen LogP contribution in [-0.2, 0) is 22.2 Å².